The number of nitrogens with one attached hydrogen (secondary N) is 1. The minimum atomic E-state index is 0.313. The minimum Gasteiger partial charge on any atom is -0.507 e. The highest BCUT2D eigenvalue weighted by Gasteiger charge is 2.38. The van der Waals surface area contributed by atoms with Crippen molar-refractivity contribution < 1.29 is 5.11 Å². The summed E-state index contributed by atoms with van der Waals surface area (Å²) < 4.78 is 0. The molecule has 2 fully saturated rings. The number of piperidine rings is 1. The molecule has 0 amide bonds. The number of likely N-dealkylation sites (tertiary alicyclic amines) is 1. The Kier molecular flexibility index (Phi) is 4.50. The van der Waals surface area contributed by atoms with Crippen molar-refractivity contribution in [2.45, 2.75) is 63.3 Å². The minimum absolute atomic E-state index is 0.313. The van der Waals surface area contributed by atoms with E-state index in [0.717, 1.165) is 29.2 Å². The van der Waals surface area contributed by atoms with E-state index in [9.17, 15) is 5.11 Å². The number of nitrogens with zero attached hydrogens (tertiary/aromatic N) is 3. The van der Waals surface area contributed by atoms with Crippen LogP contribution in [0.25, 0.3) is 11.3 Å². The second kappa shape index (κ2) is 7.03. The number of rotatable bonds is 3. The first-order valence-electron chi connectivity index (χ1n) is 10.8. The number of phenolic OH excluding ortho intramolecular Hbond substituents is 1. The second-order valence-electron chi connectivity index (χ2n) is 9.04. The molecule has 0 spiro atoms. The third-order valence-electron chi connectivity index (χ3n) is 6.97. The smallest absolute Gasteiger partial charge is 0.152 e. The fraction of sp³-hybridized carbons (Fsp3) is 0.565. The van der Waals surface area contributed by atoms with Crippen LogP contribution in [0.15, 0.2) is 18.2 Å². The van der Waals surface area contributed by atoms with E-state index in [2.05, 4.69) is 27.5 Å². The van der Waals surface area contributed by atoms with Gasteiger partial charge in [-0.1, -0.05) is 6.07 Å². The maximum Gasteiger partial charge on any atom is 0.152 e. The molecule has 6 rings (SSSR count). The number of likely N-dealkylation sites (N-methyl/N-ethyl adjacent to an activating group) is 1. The summed E-state index contributed by atoms with van der Waals surface area (Å²) in [5.41, 5.74) is 5.52. The Morgan fingerprint density at radius 3 is 2.50 bits per heavy atom. The summed E-state index contributed by atoms with van der Waals surface area (Å²) in [5, 5.41) is 23.7. The Morgan fingerprint density at radius 1 is 1.04 bits per heavy atom. The van der Waals surface area contributed by atoms with Crippen LogP contribution < -0.4 is 5.32 Å². The lowest BCUT2D eigenvalue weighted by Gasteiger charge is -2.40. The molecule has 1 saturated heterocycles. The summed E-state index contributed by atoms with van der Waals surface area (Å²) >= 11 is 0. The summed E-state index contributed by atoms with van der Waals surface area (Å²) in [6, 6.07) is 6.32. The molecule has 1 saturated carbocycles. The zero-order valence-electron chi connectivity index (χ0n) is 16.9. The largest absolute Gasteiger partial charge is 0.507 e. The topological polar surface area (TPSA) is 61.3 Å². The van der Waals surface area contributed by atoms with Crippen molar-refractivity contribution >= 4 is 5.82 Å². The SMILES string of the molecule is Cc1ccc(-c2nnc(N[C@@H]3CCCN(C)C3)c3c2C2CCC3CC2)c(O)c1. The van der Waals surface area contributed by atoms with Gasteiger partial charge in [0.25, 0.3) is 0 Å². The van der Waals surface area contributed by atoms with Crippen molar-refractivity contribution in [1.82, 2.24) is 15.1 Å². The molecule has 4 aliphatic rings. The van der Waals surface area contributed by atoms with Crippen LogP contribution in [0.2, 0.25) is 0 Å². The van der Waals surface area contributed by atoms with E-state index in [1.807, 2.05) is 25.1 Å². The predicted molar refractivity (Wildman–Crippen MR) is 112 cm³/mol. The van der Waals surface area contributed by atoms with Gasteiger partial charge in [-0.3, -0.25) is 0 Å². The summed E-state index contributed by atoms with van der Waals surface area (Å²) in [6.45, 7) is 4.24. The number of hydrogen-bond acceptors (Lipinski definition) is 5. The van der Waals surface area contributed by atoms with Gasteiger partial charge in [0.15, 0.2) is 5.82 Å². The third-order valence-corrected chi connectivity index (χ3v) is 6.97. The van der Waals surface area contributed by atoms with Crippen molar-refractivity contribution in [2.24, 2.45) is 0 Å². The molecule has 2 heterocycles. The Morgan fingerprint density at radius 2 is 1.79 bits per heavy atom. The Bertz CT molecular complexity index is 888. The van der Waals surface area contributed by atoms with E-state index in [-0.39, 0.29) is 0 Å². The van der Waals surface area contributed by atoms with Crippen LogP contribution in [0.3, 0.4) is 0 Å². The molecule has 5 heteroatoms. The number of benzene rings is 1. The van der Waals surface area contributed by atoms with Gasteiger partial charge in [0.05, 0.1) is 0 Å². The molecule has 0 unspecified atom stereocenters. The number of aromatic nitrogens is 2. The zero-order chi connectivity index (χ0) is 19.3. The zero-order valence-corrected chi connectivity index (χ0v) is 16.9. The number of phenols is 1. The van der Waals surface area contributed by atoms with Gasteiger partial charge in [0.2, 0.25) is 0 Å². The normalized spacial score (nSPS) is 26.9. The molecule has 1 aromatic heterocycles. The standard InChI is InChI=1S/C23H30N4O/c1-14-5-10-18(19(28)12-14)22-20-15-6-8-16(9-7-15)21(20)23(26-25-22)24-17-4-3-11-27(2)13-17/h5,10,12,15-17,28H,3-4,6-9,11,13H2,1-2H3,(H,24,26)/t15?,16?,17-/m1/s1. The monoisotopic (exact) mass is 378 g/mol. The van der Waals surface area contributed by atoms with Crippen LogP contribution in [-0.4, -0.2) is 46.4 Å². The van der Waals surface area contributed by atoms with Crippen LogP contribution in [-0.2, 0) is 0 Å². The number of fused-ring (bicyclic) bond motifs is 2. The first-order chi connectivity index (χ1) is 13.6. The number of aryl methyl sites for hydroxylation is 1. The average Bonchev–Trinajstić information content (AvgIpc) is 2.69. The quantitative estimate of drug-likeness (QED) is 0.828. The van der Waals surface area contributed by atoms with Gasteiger partial charge in [-0.2, -0.15) is 0 Å². The Labute approximate surface area is 167 Å². The second-order valence-corrected chi connectivity index (χ2v) is 9.04. The lowest BCUT2D eigenvalue weighted by molar-refractivity contribution is 0.260. The van der Waals surface area contributed by atoms with E-state index < -0.39 is 0 Å². The molecule has 2 N–H and O–H groups in total. The van der Waals surface area contributed by atoms with Crippen LogP contribution in [0, 0.1) is 6.92 Å². The van der Waals surface area contributed by atoms with Gasteiger partial charge < -0.3 is 15.3 Å². The van der Waals surface area contributed by atoms with Crippen molar-refractivity contribution in [2.75, 3.05) is 25.5 Å². The van der Waals surface area contributed by atoms with Gasteiger partial charge >= 0.3 is 0 Å². The Balaban J connectivity index is 1.59. The molecular formula is C23H30N4O. The molecule has 1 aliphatic heterocycles. The molecule has 3 aliphatic carbocycles. The van der Waals surface area contributed by atoms with Gasteiger partial charge in [-0.25, -0.2) is 0 Å². The predicted octanol–water partition coefficient (Wildman–Crippen LogP) is 4.42. The maximum absolute atomic E-state index is 10.6. The van der Waals surface area contributed by atoms with E-state index in [4.69, 9.17) is 0 Å². The highest BCUT2D eigenvalue weighted by atomic mass is 16.3. The van der Waals surface area contributed by atoms with Crippen molar-refractivity contribution in [3.8, 4) is 17.0 Å². The summed E-state index contributed by atoms with van der Waals surface area (Å²) in [4.78, 5) is 2.39. The van der Waals surface area contributed by atoms with E-state index in [0.29, 0.717) is 23.6 Å². The van der Waals surface area contributed by atoms with E-state index in [1.165, 1.54) is 56.2 Å². The molecule has 5 nitrogen and oxygen atoms in total. The fourth-order valence-electron chi connectivity index (χ4n) is 5.59. The molecule has 1 atom stereocenters. The first-order valence-corrected chi connectivity index (χ1v) is 10.8. The van der Waals surface area contributed by atoms with Crippen LogP contribution in [0.5, 0.6) is 5.75 Å². The first kappa shape index (κ1) is 17.9. The van der Waals surface area contributed by atoms with Crippen LogP contribution in [0.4, 0.5) is 5.82 Å². The molecular weight excluding hydrogens is 348 g/mol. The van der Waals surface area contributed by atoms with Gasteiger partial charge in [-0.15, -0.1) is 10.2 Å². The number of anilines is 1. The van der Waals surface area contributed by atoms with Gasteiger partial charge in [-0.05, 0) is 94.1 Å². The van der Waals surface area contributed by atoms with Gasteiger partial charge in [0, 0.05) is 23.7 Å². The summed E-state index contributed by atoms with van der Waals surface area (Å²) in [5.74, 6) is 2.43. The van der Waals surface area contributed by atoms with E-state index in [1.54, 1.807) is 0 Å². The average molecular weight is 379 g/mol. The summed E-state index contributed by atoms with van der Waals surface area (Å²) in [7, 11) is 2.19. The number of aromatic hydroxyl groups is 1. The van der Waals surface area contributed by atoms with Gasteiger partial charge in [0.1, 0.15) is 11.4 Å². The molecule has 1 aromatic carbocycles. The fourth-order valence-corrected chi connectivity index (χ4v) is 5.59. The molecule has 28 heavy (non-hydrogen) atoms. The van der Waals surface area contributed by atoms with Crippen molar-refractivity contribution in [3.63, 3.8) is 0 Å². The van der Waals surface area contributed by atoms with Crippen molar-refractivity contribution in [1.29, 1.82) is 0 Å². The highest BCUT2D eigenvalue weighted by Crippen LogP contribution is 2.54. The van der Waals surface area contributed by atoms with Crippen LogP contribution in [0.1, 0.15) is 67.1 Å². The molecule has 148 valence electrons. The van der Waals surface area contributed by atoms with Crippen LogP contribution >= 0.6 is 0 Å². The molecule has 2 aromatic rings. The molecule has 0 radical (unpaired) electrons. The van der Waals surface area contributed by atoms with E-state index >= 15 is 0 Å². The highest BCUT2D eigenvalue weighted by molar-refractivity contribution is 5.74. The van der Waals surface area contributed by atoms with Crippen molar-refractivity contribution in [3.05, 3.63) is 34.9 Å². The summed E-state index contributed by atoms with van der Waals surface area (Å²) in [6.07, 6.45) is 7.38. The lowest BCUT2D eigenvalue weighted by atomic mass is 9.66. The lowest BCUT2D eigenvalue weighted by Crippen LogP contribution is -2.40. The Hall–Kier alpha value is -2.14. The molecule has 2 bridgehead atoms. The third kappa shape index (κ3) is 3.06. The number of hydrogen-bond donors (Lipinski definition) is 2. The maximum atomic E-state index is 10.6.